The number of amides is 1. The second-order valence-electron chi connectivity index (χ2n) is 7.14. The number of hydrogen-bond donors (Lipinski definition) is 0. The number of benzene rings is 1. The summed E-state index contributed by atoms with van der Waals surface area (Å²) in [5, 5.41) is 8.20. The molecule has 7 heteroatoms. The lowest BCUT2D eigenvalue weighted by Gasteiger charge is -2.32. The summed E-state index contributed by atoms with van der Waals surface area (Å²) < 4.78 is 5.91. The number of aromatic nitrogens is 2. The van der Waals surface area contributed by atoms with Crippen LogP contribution in [0.5, 0.6) is 5.88 Å². The van der Waals surface area contributed by atoms with Crippen molar-refractivity contribution >= 4 is 17.5 Å². The Morgan fingerprint density at radius 2 is 1.89 bits per heavy atom. The van der Waals surface area contributed by atoms with Gasteiger partial charge in [0.15, 0.2) is 11.6 Å². The molecule has 2 heterocycles. The highest BCUT2D eigenvalue weighted by Gasteiger charge is 2.25. The summed E-state index contributed by atoms with van der Waals surface area (Å²) in [6.45, 7) is 1.21. The zero-order valence-electron chi connectivity index (χ0n) is 16.4. The molecule has 1 saturated heterocycles. The largest absolute Gasteiger partial charge is 0.471 e. The fraction of sp³-hybridized carbons (Fsp3) is 0.429. The molecule has 0 spiro atoms. The van der Waals surface area contributed by atoms with Gasteiger partial charge in [0, 0.05) is 45.1 Å². The minimum absolute atomic E-state index is 0.00462. The standard InChI is InChI=1S/C21H26N4O3/c1-24(2)19-11-12-20(23-22-19)28-17-9-6-14-25(15-17)21(27)13-10-18(26)16-7-4-3-5-8-16/h3-5,7-8,11-12,17H,6,9-10,13-15H2,1-2H3. The van der Waals surface area contributed by atoms with Crippen molar-refractivity contribution in [3.8, 4) is 5.88 Å². The van der Waals surface area contributed by atoms with Crippen LogP contribution in [0, 0.1) is 0 Å². The number of ether oxygens (including phenoxy) is 1. The van der Waals surface area contributed by atoms with Gasteiger partial charge in [0.05, 0.1) is 6.54 Å². The number of Topliss-reactive ketones (excluding diaryl/α,β-unsaturated/α-hetero) is 1. The van der Waals surface area contributed by atoms with Gasteiger partial charge in [-0.15, -0.1) is 10.2 Å². The van der Waals surface area contributed by atoms with E-state index in [-0.39, 0.29) is 30.6 Å². The van der Waals surface area contributed by atoms with E-state index in [0.29, 0.717) is 24.5 Å². The molecule has 1 aromatic carbocycles. The fourth-order valence-electron chi connectivity index (χ4n) is 3.19. The van der Waals surface area contributed by atoms with Gasteiger partial charge in [-0.25, -0.2) is 0 Å². The van der Waals surface area contributed by atoms with Crippen molar-refractivity contribution in [3.63, 3.8) is 0 Å². The lowest BCUT2D eigenvalue weighted by molar-refractivity contribution is -0.133. The smallest absolute Gasteiger partial charge is 0.233 e. The number of nitrogens with zero attached hydrogens (tertiary/aromatic N) is 4. The normalized spacial score (nSPS) is 16.5. The van der Waals surface area contributed by atoms with E-state index < -0.39 is 0 Å². The first-order valence-corrected chi connectivity index (χ1v) is 9.56. The van der Waals surface area contributed by atoms with Crippen LogP contribution in [0.2, 0.25) is 0 Å². The van der Waals surface area contributed by atoms with Crippen molar-refractivity contribution in [2.24, 2.45) is 0 Å². The minimum atomic E-state index is -0.109. The third kappa shape index (κ3) is 5.28. The number of carbonyl (C=O) groups excluding carboxylic acids is 2. The zero-order valence-corrected chi connectivity index (χ0v) is 16.4. The fourth-order valence-corrected chi connectivity index (χ4v) is 3.19. The predicted octanol–water partition coefficient (Wildman–Crippen LogP) is 2.58. The lowest BCUT2D eigenvalue weighted by Crippen LogP contribution is -2.44. The molecular weight excluding hydrogens is 356 g/mol. The van der Waals surface area contributed by atoms with Gasteiger partial charge in [-0.05, 0) is 18.9 Å². The summed E-state index contributed by atoms with van der Waals surface area (Å²) in [5.74, 6) is 1.21. The van der Waals surface area contributed by atoms with Gasteiger partial charge >= 0.3 is 0 Å². The lowest BCUT2D eigenvalue weighted by atomic mass is 10.0. The van der Waals surface area contributed by atoms with Crippen LogP contribution in [0.1, 0.15) is 36.0 Å². The molecular formula is C21H26N4O3. The first-order valence-electron chi connectivity index (χ1n) is 9.56. The quantitative estimate of drug-likeness (QED) is 0.685. The molecule has 1 aliphatic heterocycles. The highest BCUT2D eigenvalue weighted by Crippen LogP contribution is 2.19. The Morgan fingerprint density at radius 3 is 2.57 bits per heavy atom. The Balaban J connectivity index is 1.49. The number of rotatable bonds is 7. The number of piperidine rings is 1. The van der Waals surface area contributed by atoms with Crippen molar-refractivity contribution in [1.82, 2.24) is 15.1 Å². The molecule has 0 radical (unpaired) electrons. The highest BCUT2D eigenvalue weighted by atomic mass is 16.5. The second-order valence-corrected chi connectivity index (χ2v) is 7.14. The summed E-state index contributed by atoms with van der Waals surface area (Å²) in [6, 6.07) is 12.7. The van der Waals surface area contributed by atoms with Gasteiger partial charge in [0.25, 0.3) is 0 Å². The van der Waals surface area contributed by atoms with Crippen LogP contribution >= 0.6 is 0 Å². The monoisotopic (exact) mass is 382 g/mol. The number of hydrogen-bond acceptors (Lipinski definition) is 6. The number of carbonyl (C=O) groups is 2. The van der Waals surface area contributed by atoms with E-state index in [0.717, 1.165) is 18.7 Å². The van der Waals surface area contributed by atoms with Crippen LogP contribution in [-0.4, -0.2) is 60.1 Å². The van der Waals surface area contributed by atoms with Gasteiger partial charge in [-0.3, -0.25) is 9.59 Å². The molecule has 7 nitrogen and oxygen atoms in total. The Labute approximate surface area is 165 Å². The molecule has 3 rings (SSSR count). The van der Waals surface area contributed by atoms with Crippen LogP contribution in [0.15, 0.2) is 42.5 Å². The Kier molecular flexibility index (Phi) is 6.57. The minimum Gasteiger partial charge on any atom is -0.471 e. The summed E-state index contributed by atoms with van der Waals surface area (Å²) >= 11 is 0. The molecule has 1 unspecified atom stereocenters. The zero-order chi connectivity index (χ0) is 19.9. The van der Waals surface area contributed by atoms with Crippen LogP contribution in [0.3, 0.4) is 0 Å². The first-order chi connectivity index (χ1) is 13.5. The van der Waals surface area contributed by atoms with Crippen molar-refractivity contribution < 1.29 is 14.3 Å². The van der Waals surface area contributed by atoms with Gasteiger partial charge in [-0.2, -0.15) is 0 Å². The highest BCUT2D eigenvalue weighted by molar-refractivity contribution is 5.97. The first kappa shape index (κ1) is 19.8. The molecule has 2 aromatic rings. The average Bonchev–Trinajstić information content (AvgIpc) is 2.73. The summed E-state index contributed by atoms with van der Waals surface area (Å²) in [6.07, 6.45) is 2.07. The van der Waals surface area contributed by atoms with Crippen LogP contribution in [0.4, 0.5) is 5.82 Å². The Bertz CT molecular complexity index is 793. The van der Waals surface area contributed by atoms with E-state index in [1.807, 2.05) is 43.3 Å². The summed E-state index contributed by atoms with van der Waals surface area (Å²) in [4.78, 5) is 28.4. The third-order valence-electron chi connectivity index (χ3n) is 4.76. The summed E-state index contributed by atoms with van der Waals surface area (Å²) in [5.41, 5.74) is 0.648. The maximum absolute atomic E-state index is 12.5. The van der Waals surface area contributed by atoms with Crippen LogP contribution < -0.4 is 9.64 Å². The Morgan fingerprint density at radius 1 is 1.11 bits per heavy atom. The van der Waals surface area contributed by atoms with E-state index in [4.69, 9.17) is 4.74 Å². The molecule has 1 aromatic heterocycles. The molecule has 0 N–H and O–H groups in total. The van der Waals surface area contributed by atoms with E-state index in [1.165, 1.54) is 0 Å². The number of anilines is 1. The molecule has 0 aliphatic carbocycles. The van der Waals surface area contributed by atoms with Crippen molar-refractivity contribution in [1.29, 1.82) is 0 Å². The molecule has 0 bridgehead atoms. The van der Waals surface area contributed by atoms with Crippen molar-refractivity contribution in [2.75, 3.05) is 32.1 Å². The van der Waals surface area contributed by atoms with Crippen molar-refractivity contribution in [2.45, 2.75) is 31.8 Å². The van der Waals surface area contributed by atoms with Crippen LogP contribution in [-0.2, 0) is 4.79 Å². The summed E-state index contributed by atoms with van der Waals surface area (Å²) in [7, 11) is 3.80. The van der Waals surface area contributed by atoms with E-state index in [2.05, 4.69) is 10.2 Å². The second kappa shape index (κ2) is 9.30. The molecule has 1 amide bonds. The van der Waals surface area contributed by atoms with E-state index >= 15 is 0 Å². The topological polar surface area (TPSA) is 75.6 Å². The van der Waals surface area contributed by atoms with Gasteiger partial charge in [0.1, 0.15) is 6.10 Å². The Hall–Kier alpha value is -2.96. The molecule has 1 fully saturated rings. The molecule has 1 aliphatic rings. The van der Waals surface area contributed by atoms with Gasteiger partial charge in [-0.1, -0.05) is 30.3 Å². The molecule has 148 valence electrons. The third-order valence-corrected chi connectivity index (χ3v) is 4.76. The maximum atomic E-state index is 12.5. The SMILES string of the molecule is CN(C)c1ccc(OC2CCCN(C(=O)CCC(=O)c3ccccc3)C2)nn1. The van der Waals surface area contributed by atoms with E-state index in [1.54, 1.807) is 23.1 Å². The van der Waals surface area contributed by atoms with Gasteiger partial charge < -0.3 is 14.5 Å². The number of likely N-dealkylation sites (tertiary alicyclic amines) is 1. The molecule has 1 atom stereocenters. The number of ketones is 1. The van der Waals surface area contributed by atoms with Crippen LogP contribution in [0.25, 0.3) is 0 Å². The molecule has 0 saturated carbocycles. The average molecular weight is 382 g/mol. The molecule has 28 heavy (non-hydrogen) atoms. The van der Waals surface area contributed by atoms with Crippen molar-refractivity contribution in [3.05, 3.63) is 48.0 Å². The van der Waals surface area contributed by atoms with Gasteiger partial charge in [0.2, 0.25) is 11.8 Å². The predicted molar refractivity (Wildman–Crippen MR) is 107 cm³/mol. The van der Waals surface area contributed by atoms with E-state index in [9.17, 15) is 9.59 Å². The maximum Gasteiger partial charge on any atom is 0.233 e.